The van der Waals surface area contributed by atoms with E-state index in [1.165, 1.54) is 0 Å². The number of H-pyrrole nitrogens is 1. The van der Waals surface area contributed by atoms with Crippen LogP contribution >= 0.6 is 11.6 Å². The fraction of sp³-hybridized carbons (Fsp3) is 0.125. The van der Waals surface area contributed by atoms with Crippen LogP contribution in [-0.4, -0.2) is 24.2 Å². The fourth-order valence-corrected chi connectivity index (χ4v) is 3.82. The van der Waals surface area contributed by atoms with Gasteiger partial charge in [-0.05, 0) is 54.4 Å². The van der Waals surface area contributed by atoms with Crippen LogP contribution in [0.2, 0.25) is 5.02 Å². The number of benzene rings is 3. The topological polar surface area (TPSA) is 65.6 Å². The quantitative estimate of drug-likeness (QED) is 0.443. The summed E-state index contributed by atoms with van der Waals surface area (Å²) in [6.45, 7) is 2.03. The molecule has 0 fully saturated rings. The second-order valence-electron chi connectivity index (χ2n) is 7.31. The van der Waals surface area contributed by atoms with Gasteiger partial charge in [0.25, 0.3) is 5.56 Å². The number of aromatic hydroxyl groups is 1. The number of pyridine rings is 1. The zero-order valence-corrected chi connectivity index (χ0v) is 17.6. The first kappa shape index (κ1) is 19.9. The maximum Gasteiger partial charge on any atom is 0.260 e. The molecule has 4 rings (SSSR count). The molecule has 0 aliphatic heterocycles. The van der Waals surface area contributed by atoms with E-state index in [1.807, 2.05) is 50.2 Å². The zero-order chi connectivity index (χ0) is 21.4. The van der Waals surface area contributed by atoms with Gasteiger partial charge in [0.15, 0.2) is 5.75 Å². The number of aryl methyl sites for hydroxylation is 1. The fourth-order valence-electron chi connectivity index (χ4n) is 3.65. The number of hydrogen-bond donors (Lipinski definition) is 2. The average Bonchev–Trinajstić information content (AvgIpc) is 2.67. The Kier molecular flexibility index (Phi) is 5.14. The van der Waals surface area contributed by atoms with Crippen LogP contribution in [0.3, 0.4) is 0 Å². The first-order chi connectivity index (χ1) is 14.3. The monoisotopic (exact) mass is 420 g/mol. The summed E-state index contributed by atoms with van der Waals surface area (Å²) in [5.41, 5.74) is 2.90. The van der Waals surface area contributed by atoms with Crippen LogP contribution in [0.25, 0.3) is 22.0 Å². The predicted octanol–water partition coefficient (Wildman–Crippen LogP) is 5.72. The lowest BCUT2D eigenvalue weighted by atomic mass is 10.0. The van der Waals surface area contributed by atoms with Crippen molar-refractivity contribution >= 4 is 28.2 Å². The Balaban J connectivity index is 1.80. The minimum Gasteiger partial charge on any atom is -0.506 e. The van der Waals surface area contributed by atoms with Crippen LogP contribution in [0, 0.1) is 6.92 Å². The van der Waals surface area contributed by atoms with E-state index in [0.717, 1.165) is 11.3 Å². The molecule has 4 aromatic rings. The molecule has 1 aromatic heterocycles. The third-order valence-corrected chi connectivity index (χ3v) is 5.18. The molecular weight excluding hydrogens is 400 g/mol. The number of nitrogens with zero attached hydrogens (tertiary/aromatic N) is 1. The van der Waals surface area contributed by atoms with E-state index in [0.29, 0.717) is 33.0 Å². The molecule has 6 heteroatoms. The highest BCUT2D eigenvalue weighted by atomic mass is 35.5. The Hall–Kier alpha value is -3.44. The molecule has 0 bridgehead atoms. The van der Waals surface area contributed by atoms with Gasteiger partial charge in [-0.25, -0.2) is 0 Å². The maximum atomic E-state index is 12.7. The van der Waals surface area contributed by atoms with Gasteiger partial charge in [0, 0.05) is 24.5 Å². The predicted molar refractivity (Wildman–Crippen MR) is 122 cm³/mol. The van der Waals surface area contributed by atoms with E-state index >= 15 is 0 Å². The number of ether oxygens (including phenoxy) is 1. The van der Waals surface area contributed by atoms with E-state index in [1.54, 1.807) is 36.4 Å². The number of hydrogen-bond acceptors (Lipinski definition) is 4. The first-order valence-electron chi connectivity index (χ1n) is 9.45. The summed E-state index contributed by atoms with van der Waals surface area (Å²) in [7, 11) is 3.93. The summed E-state index contributed by atoms with van der Waals surface area (Å²) in [4.78, 5) is 17.5. The van der Waals surface area contributed by atoms with Gasteiger partial charge in [0.2, 0.25) is 0 Å². The molecule has 3 aromatic carbocycles. The van der Waals surface area contributed by atoms with Crippen molar-refractivity contribution in [1.29, 1.82) is 0 Å². The van der Waals surface area contributed by atoms with Gasteiger partial charge in [-0.3, -0.25) is 4.79 Å². The lowest BCUT2D eigenvalue weighted by Gasteiger charge is -2.20. The number of halogens is 1. The highest BCUT2D eigenvalue weighted by molar-refractivity contribution is 6.31. The molecule has 0 saturated heterocycles. The molecule has 1 heterocycles. The van der Waals surface area contributed by atoms with E-state index < -0.39 is 5.56 Å². The van der Waals surface area contributed by atoms with Crippen molar-refractivity contribution in [3.63, 3.8) is 0 Å². The SMILES string of the molecule is Cc1cccc(Oc2cccc(-c3c(O)c4ccc(Cl)cc4[nH]c3=O)c2)c1N(C)C. The summed E-state index contributed by atoms with van der Waals surface area (Å²) in [6, 6.07) is 18.0. The summed E-state index contributed by atoms with van der Waals surface area (Å²) < 4.78 is 6.14. The smallest absolute Gasteiger partial charge is 0.260 e. The van der Waals surface area contributed by atoms with E-state index in [2.05, 4.69) is 4.98 Å². The Morgan fingerprint density at radius 1 is 1.03 bits per heavy atom. The minimum atomic E-state index is -0.399. The van der Waals surface area contributed by atoms with E-state index in [4.69, 9.17) is 16.3 Å². The third kappa shape index (κ3) is 3.60. The molecule has 2 N–H and O–H groups in total. The molecule has 0 unspecified atom stereocenters. The van der Waals surface area contributed by atoms with Crippen molar-refractivity contribution in [2.75, 3.05) is 19.0 Å². The maximum absolute atomic E-state index is 12.7. The molecule has 0 saturated carbocycles. The second kappa shape index (κ2) is 7.76. The Labute approximate surface area is 179 Å². The van der Waals surface area contributed by atoms with Crippen LogP contribution in [0.1, 0.15) is 5.56 Å². The summed E-state index contributed by atoms with van der Waals surface area (Å²) >= 11 is 6.00. The Morgan fingerprint density at radius 3 is 2.57 bits per heavy atom. The molecule has 152 valence electrons. The van der Waals surface area contributed by atoms with Crippen LogP contribution < -0.4 is 15.2 Å². The Bertz CT molecular complexity index is 1310. The molecule has 0 amide bonds. The van der Waals surface area contributed by atoms with Crippen molar-refractivity contribution in [2.45, 2.75) is 6.92 Å². The van der Waals surface area contributed by atoms with Crippen molar-refractivity contribution in [2.24, 2.45) is 0 Å². The van der Waals surface area contributed by atoms with Gasteiger partial charge < -0.3 is 19.7 Å². The first-order valence-corrected chi connectivity index (χ1v) is 9.82. The number of fused-ring (bicyclic) bond motifs is 1. The number of aromatic amines is 1. The zero-order valence-electron chi connectivity index (χ0n) is 16.9. The van der Waals surface area contributed by atoms with Gasteiger partial charge in [-0.15, -0.1) is 0 Å². The molecule has 0 aliphatic rings. The minimum absolute atomic E-state index is 0.0906. The number of nitrogens with one attached hydrogen (secondary N) is 1. The van der Waals surface area contributed by atoms with Crippen LogP contribution in [-0.2, 0) is 0 Å². The Morgan fingerprint density at radius 2 is 1.80 bits per heavy atom. The standard InChI is InChI=1S/C24H21ClN2O3/c1-14-6-4-9-20(22(14)27(2)3)30-17-8-5-7-15(12-17)21-23(28)18-11-10-16(25)13-19(18)26-24(21)29/h4-13H,1-3H3,(H2,26,28,29). The van der Waals surface area contributed by atoms with Crippen LogP contribution in [0.5, 0.6) is 17.2 Å². The number of para-hydroxylation sites is 1. The highest BCUT2D eigenvalue weighted by Crippen LogP contribution is 2.37. The van der Waals surface area contributed by atoms with Crippen LogP contribution in [0.15, 0.2) is 65.5 Å². The summed E-state index contributed by atoms with van der Waals surface area (Å²) in [5.74, 6) is 1.19. The number of anilines is 1. The second-order valence-corrected chi connectivity index (χ2v) is 7.75. The molecular formula is C24H21ClN2O3. The van der Waals surface area contributed by atoms with Gasteiger partial charge in [-0.2, -0.15) is 0 Å². The molecule has 5 nitrogen and oxygen atoms in total. The van der Waals surface area contributed by atoms with Crippen molar-refractivity contribution in [3.05, 3.63) is 81.6 Å². The molecule has 0 atom stereocenters. The highest BCUT2D eigenvalue weighted by Gasteiger charge is 2.16. The van der Waals surface area contributed by atoms with E-state index in [9.17, 15) is 9.90 Å². The van der Waals surface area contributed by atoms with E-state index in [-0.39, 0.29) is 11.3 Å². The van der Waals surface area contributed by atoms with Crippen molar-refractivity contribution < 1.29 is 9.84 Å². The number of rotatable bonds is 4. The molecule has 30 heavy (non-hydrogen) atoms. The van der Waals surface area contributed by atoms with Crippen molar-refractivity contribution in [3.8, 4) is 28.4 Å². The summed E-state index contributed by atoms with van der Waals surface area (Å²) in [6.07, 6.45) is 0. The van der Waals surface area contributed by atoms with Gasteiger partial charge in [-0.1, -0.05) is 35.9 Å². The largest absolute Gasteiger partial charge is 0.506 e. The third-order valence-electron chi connectivity index (χ3n) is 4.95. The van der Waals surface area contributed by atoms with Crippen molar-refractivity contribution in [1.82, 2.24) is 4.98 Å². The lowest BCUT2D eigenvalue weighted by Crippen LogP contribution is -2.11. The van der Waals surface area contributed by atoms with Crippen LogP contribution in [0.4, 0.5) is 5.69 Å². The average molecular weight is 421 g/mol. The molecule has 0 spiro atoms. The van der Waals surface area contributed by atoms with Gasteiger partial charge >= 0.3 is 0 Å². The molecule has 0 radical (unpaired) electrons. The summed E-state index contributed by atoms with van der Waals surface area (Å²) in [5, 5.41) is 11.8. The van der Waals surface area contributed by atoms with Gasteiger partial charge in [0.05, 0.1) is 16.8 Å². The number of aromatic nitrogens is 1. The molecule has 0 aliphatic carbocycles. The lowest BCUT2D eigenvalue weighted by molar-refractivity contribution is 0.480. The van der Waals surface area contributed by atoms with Gasteiger partial charge in [0.1, 0.15) is 11.5 Å². The normalized spacial score (nSPS) is 10.9.